The Hall–Kier alpha value is -1.03. The molecule has 124 valence electrons. The first-order chi connectivity index (χ1) is 10.3. The third-order valence-electron chi connectivity index (χ3n) is 5.32. The first kappa shape index (κ1) is 15.9. The monoisotopic (exact) mass is 306 g/mol. The Balaban J connectivity index is 1.48. The van der Waals surface area contributed by atoms with Gasteiger partial charge < -0.3 is 15.0 Å². The van der Waals surface area contributed by atoms with E-state index in [1.54, 1.807) is 0 Å². The minimum absolute atomic E-state index is 0.166. The number of rotatable bonds is 2. The van der Waals surface area contributed by atoms with Gasteiger partial charge in [-0.2, -0.15) is 0 Å². The minimum Gasteiger partial charge on any atom is -0.444 e. The van der Waals surface area contributed by atoms with Crippen molar-refractivity contribution in [3.63, 3.8) is 0 Å². The van der Waals surface area contributed by atoms with E-state index in [2.05, 4.69) is 24.4 Å². The van der Waals surface area contributed by atoms with Crippen LogP contribution in [0, 0.1) is 11.8 Å². The van der Waals surface area contributed by atoms with Crippen LogP contribution in [-0.2, 0) is 4.74 Å². The molecule has 1 amide bonds. The summed E-state index contributed by atoms with van der Waals surface area (Å²) in [5.41, 5.74) is -0.415. The topological polar surface area (TPSA) is 41.6 Å². The second-order valence-corrected chi connectivity index (χ2v) is 8.25. The lowest BCUT2D eigenvalue weighted by molar-refractivity contribution is 0.00744. The molecule has 1 saturated heterocycles. The second kappa shape index (κ2) is 5.88. The Kier molecular flexibility index (Phi) is 4.23. The van der Waals surface area contributed by atoms with Crippen LogP contribution >= 0.6 is 0 Å². The van der Waals surface area contributed by atoms with E-state index in [0.29, 0.717) is 12.1 Å². The normalized spacial score (nSPS) is 37.6. The molecule has 0 aromatic rings. The first-order valence-electron chi connectivity index (χ1n) is 8.76. The number of carbonyl (C=O) groups is 1. The van der Waals surface area contributed by atoms with Crippen molar-refractivity contribution in [2.45, 2.75) is 77.1 Å². The van der Waals surface area contributed by atoms with E-state index in [1.807, 2.05) is 25.7 Å². The highest BCUT2D eigenvalue weighted by molar-refractivity contribution is 5.68. The Labute approximate surface area is 134 Å². The van der Waals surface area contributed by atoms with E-state index in [9.17, 15) is 4.79 Å². The number of amides is 1. The van der Waals surface area contributed by atoms with E-state index in [-0.39, 0.29) is 12.1 Å². The smallest absolute Gasteiger partial charge is 0.410 e. The molecule has 1 N–H and O–H groups in total. The summed E-state index contributed by atoms with van der Waals surface area (Å²) in [7, 11) is 0. The van der Waals surface area contributed by atoms with Crippen molar-refractivity contribution < 1.29 is 9.53 Å². The molecule has 1 heterocycles. The number of hydrogen-bond acceptors (Lipinski definition) is 3. The maximum Gasteiger partial charge on any atom is 0.410 e. The molecule has 5 atom stereocenters. The molecule has 4 heteroatoms. The fourth-order valence-electron chi connectivity index (χ4n) is 4.13. The molecule has 3 rings (SSSR count). The second-order valence-electron chi connectivity index (χ2n) is 8.25. The van der Waals surface area contributed by atoms with Crippen LogP contribution in [0.1, 0.15) is 53.4 Å². The summed E-state index contributed by atoms with van der Waals surface area (Å²) < 4.78 is 5.51. The molecule has 4 nitrogen and oxygen atoms in total. The van der Waals surface area contributed by atoms with Gasteiger partial charge >= 0.3 is 6.09 Å². The van der Waals surface area contributed by atoms with Crippen LogP contribution in [0.2, 0.25) is 0 Å². The summed E-state index contributed by atoms with van der Waals surface area (Å²) in [4.78, 5) is 14.1. The highest BCUT2D eigenvalue weighted by Gasteiger charge is 2.42. The van der Waals surface area contributed by atoms with Crippen LogP contribution in [0.4, 0.5) is 4.79 Å². The molecule has 1 saturated carbocycles. The van der Waals surface area contributed by atoms with E-state index >= 15 is 0 Å². The van der Waals surface area contributed by atoms with Gasteiger partial charge in [0, 0.05) is 24.7 Å². The van der Waals surface area contributed by atoms with Gasteiger partial charge in [-0.3, -0.25) is 0 Å². The molecule has 2 fully saturated rings. The number of fused-ring (bicyclic) bond motifs is 1. The molecule has 0 bridgehead atoms. The van der Waals surface area contributed by atoms with Crippen LogP contribution in [0.15, 0.2) is 12.2 Å². The highest BCUT2D eigenvalue weighted by Crippen LogP contribution is 2.43. The summed E-state index contributed by atoms with van der Waals surface area (Å²) in [6.45, 7) is 8.70. The quantitative estimate of drug-likeness (QED) is 0.796. The number of piperidine rings is 1. The molecule has 2 aliphatic carbocycles. The summed E-state index contributed by atoms with van der Waals surface area (Å²) in [6, 6.07) is 1.44. The summed E-state index contributed by atoms with van der Waals surface area (Å²) in [5.74, 6) is 1.66. The largest absolute Gasteiger partial charge is 0.444 e. The van der Waals surface area contributed by atoms with Gasteiger partial charge in [-0.15, -0.1) is 0 Å². The molecule has 22 heavy (non-hydrogen) atoms. The highest BCUT2D eigenvalue weighted by atomic mass is 16.6. The van der Waals surface area contributed by atoms with Crippen molar-refractivity contribution in [2.75, 3.05) is 6.54 Å². The summed E-state index contributed by atoms with van der Waals surface area (Å²) in [5, 5.41) is 3.83. The number of likely N-dealkylation sites (tertiary alicyclic amines) is 1. The molecule has 0 radical (unpaired) electrons. The number of carbonyl (C=O) groups excluding carboxylic acids is 1. The molecule has 5 unspecified atom stereocenters. The average Bonchev–Trinajstić information content (AvgIpc) is 2.75. The van der Waals surface area contributed by atoms with Gasteiger partial charge in [0.1, 0.15) is 5.60 Å². The Bertz CT molecular complexity index is 454. The number of nitrogens with zero attached hydrogens (tertiary/aromatic N) is 1. The van der Waals surface area contributed by atoms with E-state index in [0.717, 1.165) is 31.2 Å². The average molecular weight is 306 g/mol. The lowest BCUT2D eigenvalue weighted by Crippen LogP contribution is -2.56. The van der Waals surface area contributed by atoms with E-state index < -0.39 is 5.60 Å². The summed E-state index contributed by atoms with van der Waals surface area (Å²) >= 11 is 0. The van der Waals surface area contributed by atoms with Gasteiger partial charge in [0.05, 0.1) is 0 Å². The third kappa shape index (κ3) is 3.32. The Morgan fingerprint density at radius 3 is 2.73 bits per heavy atom. The summed E-state index contributed by atoms with van der Waals surface area (Å²) in [6.07, 6.45) is 9.21. The van der Waals surface area contributed by atoms with Gasteiger partial charge in [0.2, 0.25) is 0 Å². The fraction of sp³-hybridized carbons (Fsp3) is 0.833. The lowest BCUT2D eigenvalue weighted by Gasteiger charge is -2.45. The van der Waals surface area contributed by atoms with Crippen molar-refractivity contribution in [1.82, 2.24) is 10.2 Å². The molecule has 1 aliphatic heterocycles. The standard InChI is InChI=1S/C18H30N2O2/c1-12-10-14(19-16-11-13-6-5-7-15(13)16)8-9-20(12)17(21)22-18(2,3)4/h5,7,12-16,19H,6,8-11H2,1-4H3. The maximum absolute atomic E-state index is 12.2. The number of hydrogen-bond donors (Lipinski definition) is 1. The third-order valence-corrected chi connectivity index (χ3v) is 5.32. The number of allylic oxidation sites excluding steroid dienone is 1. The maximum atomic E-state index is 12.2. The zero-order chi connectivity index (χ0) is 15.9. The number of ether oxygens (including phenoxy) is 1. The number of nitrogens with one attached hydrogen (secondary N) is 1. The molecule has 0 spiro atoms. The van der Waals surface area contributed by atoms with Gasteiger partial charge in [-0.1, -0.05) is 12.2 Å². The molecule has 0 aromatic carbocycles. The first-order valence-corrected chi connectivity index (χ1v) is 8.76. The van der Waals surface area contributed by atoms with Crippen LogP contribution < -0.4 is 5.32 Å². The zero-order valence-electron chi connectivity index (χ0n) is 14.3. The van der Waals surface area contributed by atoms with Crippen molar-refractivity contribution in [3.05, 3.63) is 12.2 Å². The van der Waals surface area contributed by atoms with Crippen LogP contribution in [0.5, 0.6) is 0 Å². The Morgan fingerprint density at radius 1 is 1.32 bits per heavy atom. The van der Waals surface area contributed by atoms with Crippen LogP contribution in [-0.4, -0.2) is 41.3 Å². The predicted octanol–water partition coefficient (Wildman–Crippen LogP) is 3.33. The zero-order valence-corrected chi connectivity index (χ0v) is 14.3. The van der Waals surface area contributed by atoms with Gasteiger partial charge in [-0.05, 0) is 65.2 Å². The fourth-order valence-corrected chi connectivity index (χ4v) is 4.13. The predicted molar refractivity (Wildman–Crippen MR) is 87.7 cm³/mol. The molecule has 0 aromatic heterocycles. The SMILES string of the molecule is CC1CC(NC2CC3CC=CC32)CCN1C(=O)OC(C)(C)C. The molecular formula is C18H30N2O2. The van der Waals surface area contributed by atoms with Crippen LogP contribution in [0.25, 0.3) is 0 Å². The van der Waals surface area contributed by atoms with Crippen molar-refractivity contribution in [2.24, 2.45) is 11.8 Å². The van der Waals surface area contributed by atoms with E-state index in [1.165, 1.54) is 12.8 Å². The molecular weight excluding hydrogens is 276 g/mol. The van der Waals surface area contributed by atoms with Gasteiger partial charge in [0.25, 0.3) is 0 Å². The lowest BCUT2D eigenvalue weighted by atomic mass is 9.71. The van der Waals surface area contributed by atoms with Gasteiger partial charge in [-0.25, -0.2) is 4.79 Å². The van der Waals surface area contributed by atoms with Crippen LogP contribution in [0.3, 0.4) is 0 Å². The van der Waals surface area contributed by atoms with Gasteiger partial charge in [0.15, 0.2) is 0 Å². The van der Waals surface area contributed by atoms with E-state index in [4.69, 9.17) is 4.74 Å². The molecule has 3 aliphatic rings. The van der Waals surface area contributed by atoms with Crippen molar-refractivity contribution in [1.29, 1.82) is 0 Å². The Morgan fingerprint density at radius 2 is 2.09 bits per heavy atom. The van der Waals surface area contributed by atoms with Crippen molar-refractivity contribution >= 4 is 6.09 Å². The minimum atomic E-state index is -0.415. The van der Waals surface area contributed by atoms with Crippen molar-refractivity contribution in [3.8, 4) is 0 Å².